The van der Waals surface area contributed by atoms with Crippen LogP contribution >= 0.6 is 0 Å². The summed E-state index contributed by atoms with van der Waals surface area (Å²) in [5.41, 5.74) is 1.85. The lowest BCUT2D eigenvalue weighted by molar-refractivity contribution is 0.384. The van der Waals surface area contributed by atoms with Crippen molar-refractivity contribution in [1.82, 2.24) is 14.3 Å². The molecule has 2 aromatic carbocycles. The zero-order valence-corrected chi connectivity index (χ0v) is 18.0. The van der Waals surface area contributed by atoms with Crippen LogP contribution in [0.4, 0.5) is 16.0 Å². The first-order valence-electron chi connectivity index (χ1n) is 10.4. The van der Waals surface area contributed by atoms with E-state index in [0.29, 0.717) is 47.4 Å². The van der Waals surface area contributed by atoms with Crippen LogP contribution in [0.2, 0.25) is 0 Å². The maximum absolute atomic E-state index is 13.2. The number of aromatic nitrogens is 2. The van der Waals surface area contributed by atoms with Crippen molar-refractivity contribution in [3.05, 3.63) is 53.8 Å². The number of rotatable bonds is 5. The monoisotopic (exact) mass is 452 g/mol. The van der Waals surface area contributed by atoms with Gasteiger partial charge in [0.1, 0.15) is 5.82 Å². The normalized spacial score (nSPS) is 17.3. The number of piperazine rings is 1. The topological polar surface area (TPSA) is 102 Å². The third-order valence-corrected chi connectivity index (χ3v) is 7.60. The summed E-state index contributed by atoms with van der Waals surface area (Å²) in [5, 5.41) is 12.6. The average Bonchev–Trinajstić information content (AvgIpc) is 3.62. The van der Waals surface area contributed by atoms with Gasteiger partial charge in [-0.15, -0.1) is 0 Å². The van der Waals surface area contributed by atoms with Gasteiger partial charge in [0.2, 0.25) is 10.0 Å². The first-order valence-corrected chi connectivity index (χ1v) is 11.9. The number of hydrogen-bond acceptors (Lipinski definition) is 7. The van der Waals surface area contributed by atoms with Gasteiger partial charge in [-0.05, 0) is 55.3 Å². The van der Waals surface area contributed by atoms with Crippen molar-refractivity contribution in [3.8, 4) is 6.07 Å². The second kappa shape index (κ2) is 8.00. The number of halogens is 1. The molecule has 2 fully saturated rings. The third kappa shape index (κ3) is 3.97. The highest BCUT2D eigenvalue weighted by atomic mass is 32.2. The number of sulfonamides is 1. The van der Waals surface area contributed by atoms with E-state index in [1.807, 2.05) is 4.90 Å². The maximum Gasteiger partial charge on any atom is 0.243 e. The Labute approximate surface area is 185 Å². The van der Waals surface area contributed by atoms with Gasteiger partial charge < -0.3 is 10.2 Å². The van der Waals surface area contributed by atoms with Crippen LogP contribution in [0.25, 0.3) is 11.0 Å². The molecule has 1 aromatic heterocycles. The van der Waals surface area contributed by atoms with Crippen molar-refractivity contribution in [3.63, 3.8) is 0 Å². The predicted molar refractivity (Wildman–Crippen MR) is 118 cm³/mol. The third-order valence-electron chi connectivity index (χ3n) is 5.68. The summed E-state index contributed by atoms with van der Waals surface area (Å²) in [6, 6.07) is 12.6. The molecule has 8 nitrogen and oxygen atoms in total. The first kappa shape index (κ1) is 20.6. The summed E-state index contributed by atoms with van der Waals surface area (Å²) in [5.74, 6) is 0.874. The Morgan fingerprint density at radius 3 is 2.38 bits per heavy atom. The standard InChI is InChI=1S/C22H21FN6O2S/c23-16-2-6-18(7-3-16)32(30,31)29-11-9-28(10-12-29)22-21(25-17-4-5-17)26-20-13-15(14-24)1-8-19(20)27-22/h1-3,6-8,13,17H,4-5,9-12H2,(H,25,26). The summed E-state index contributed by atoms with van der Waals surface area (Å²) < 4.78 is 40.4. The van der Waals surface area contributed by atoms with Crippen molar-refractivity contribution < 1.29 is 12.8 Å². The van der Waals surface area contributed by atoms with Crippen LogP contribution in [-0.2, 0) is 10.0 Å². The molecule has 0 bridgehead atoms. The van der Waals surface area contributed by atoms with Crippen molar-refractivity contribution in [2.45, 2.75) is 23.8 Å². The Balaban J connectivity index is 1.40. The highest BCUT2D eigenvalue weighted by Crippen LogP contribution is 2.32. The summed E-state index contributed by atoms with van der Waals surface area (Å²) in [6.45, 7) is 1.48. The Kier molecular flexibility index (Phi) is 5.15. The lowest BCUT2D eigenvalue weighted by Gasteiger charge is -2.35. The predicted octanol–water partition coefficient (Wildman–Crippen LogP) is 2.73. The van der Waals surface area contributed by atoms with Crippen LogP contribution in [0, 0.1) is 17.1 Å². The van der Waals surface area contributed by atoms with Crippen LogP contribution in [0.3, 0.4) is 0 Å². The van der Waals surface area contributed by atoms with Gasteiger partial charge in [0.25, 0.3) is 0 Å². The van der Waals surface area contributed by atoms with E-state index in [2.05, 4.69) is 11.4 Å². The molecular weight excluding hydrogens is 431 g/mol. The smallest absolute Gasteiger partial charge is 0.243 e. The van der Waals surface area contributed by atoms with E-state index < -0.39 is 15.8 Å². The molecule has 1 aliphatic carbocycles. The van der Waals surface area contributed by atoms with Gasteiger partial charge >= 0.3 is 0 Å². The molecule has 32 heavy (non-hydrogen) atoms. The van der Waals surface area contributed by atoms with Gasteiger partial charge in [-0.3, -0.25) is 0 Å². The number of anilines is 2. The zero-order valence-electron chi connectivity index (χ0n) is 17.2. The number of hydrogen-bond donors (Lipinski definition) is 1. The molecular formula is C22H21FN6O2S. The largest absolute Gasteiger partial charge is 0.364 e. The SMILES string of the molecule is N#Cc1ccc2nc(N3CCN(S(=O)(=O)c4ccc(F)cc4)CC3)c(NC3CC3)nc2c1. The minimum Gasteiger partial charge on any atom is -0.364 e. The molecule has 0 amide bonds. The summed E-state index contributed by atoms with van der Waals surface area (Å²) in [6.07, 6.45) is 2.14. The second-order valence-corrected chi connectivity index (χ2v) is 9.91. The molecule has 0 spiro atoms. The summed E-state index contributed by atoms with van der Waals surface area (Å²) in [7, 11) is -3.69. The van der Waals surface area contributed by atoms with Gasteiger partial charge in [0, 0.05) is 32.2 Å². The van der Waals surface area contributed by atoms with E-state index in [4.69, 9.17) is 9.97 Å². The van der Waals surface area contributed by atoms with Crippen LogP contribution in [0.5, 0.6) is 0 Å². The second-order valence-electron chi connectivity index (χ2n) is 7.97. The molecule has 0 unspecified atom stereocenters. The molecule has 10 heteroatoms. The number of fused-ring (bicyclic) bond motifs is 1. The van der Waals surface area contributed by atoms with E-state index in [1.165, 1.54) is 16.4 Å². The van der Waals surface area contributed by atoms with Crippen LogP contribution in [0.15, 0.2) is 47.4 Å². The number of nitrogens with one attached hydrogen (secondary N) is 1. The zero-order chi connectivity index (χ0) is 22.3. The molecule has 1 saturated heterocycles. The number of nitriles is 1. The Bertz CT molecular complexity index is 1310. The molecule has 1 saturated carbocycles. The van der Waals surface area contributed by atoms with Gasteiger partial charge in [0.05, 0.1) is 27.6 Å². The van der Waals surface area contributed by atoms with Crippen molar-refractivity contribution in [2.75, 3.05) is 36.4 Å². The van der Waals surface area contributed by atoms with E-state index in [1.54, 1.807) is 18.2 Å². The molecule has 5 rings (SSSR count). The summed E-state index contributed by atoms with van der Waals surface area (Å²) >= 11 is 0. The van der Waals surface area contributed by atoms with E-state index in [-0.39, 0.29) is 18.0 Å². The molecule has 0 radical (unpaired) electrons. The minimum absolute atomic E-state index is 0.0854. The highest BCUT2D eigenvalue weighted by molar-refractivity contribution is 7.89. The molecule has 2 aliphatic rings. The van der Waals surface area contributed by atoms with Crippen LogP contribution in [0.1, 0.15) is 18.4 Å². The molecule has 164 valence electrons. The average molecular weight is 453 g/mol. The minimum atomic E-state index is -3.69. The van der Waals surface area contributed by atoms with Gasteiger partial charge in [-0.2, -0.15) is 9.57 Å². The quantitative estimate of drug-likeness (QED) is 0.635. The fraction of sp³-hybridized carbons (Fsp3) is 0.318. The van der Waals surface area contributed by atoms with Gasteiger partial charge in [-0.1, -0.05) is 0 Å². The molecule has 2 heterocycles. The number of nitrogens with zero attached hydrogens (tertiary/aromatic N) is 5. The van der Waals surface area contributed by atoms with Crippen LogP contribution in [-0.4, -0.2) is 54.9 Å². The van der Waals surface area contributed by atoms with E-state index in [0.717, 1.165) is 25.0 Å². The van der Waals surface area contributed by atoms with Gasteiger partial charge in [0.15, 0.2) is 11.6 Å². The molecule has 3 aromatic rings. The lowest BCUT2D eigenvalue weighted by atomic mass is 10.2. The molecule has 0 atom stereocenters. The van der Waals surface area contributed by atoms with Crippen molar-refractivity contribution in [1.29, 1.82) is 5.26 Å². The Morgan fingerprint density at radius 1 is 1.00 bits per heavy atom. The van der Waals surface area contributed by atoms with E-state index in [9.17, 15) is 18.1 Å². The lowest BCUT2D eigenvalue weighted by Crippen LogP contribution is -2.49. The number of benzene rings is 2. The van der Waals surface area contributed by atoms with Crippen molar-refractivity contribution in [2.24, 2.45) is 0 Å². The molecule has 1 N–H and O–H groups in total. The van der Waals surface area contributed by atoms with E-state index >= 15 is 0 Å². The fourth-order valence-corrected chi connectivity index (χ4v) is 5.17. The Hall–Kier alpha value is -3.29. The fourth-order valence-electron chi connectivity index (χ4n) is 3.75. The van der Waals surface area contributed by atoms with Gasteiger partial charge in [-0.25, -0.2) is 22.8 Å². The maximum atomic E-state index is 13.2. The first-order chi connectivity index (χ1) is 15.4. The molecule has 1 aliphatic heterocycles. The Morgan fingerprint density at radius 2 is 1.72 bits per heavy atom. The van der Waals surface area contributed by atoms with Crippen molar-refractivity contribution >= 4 is 32.7 Å². The van der Waals surface area contributed by atoms with Crippen LogP contribution < -0.4 is 10.2 Å². The highest BCUT2D eigenvalue weighted by Gasteiger charge is 2.31. The summed E-state index contributed by atoms with van der Waals surface area (Å²) in [4.78, 5) is 11.6.